The molecule has 0 amide bonds. The average molecular weight is 428 g/mol. The van der Waals surface area contributed by atoms with Crippen molar-refractivity contribution in [2.24, 2.45) is 0 Å². The molecule has 0 radical (unpaired) electrons. The quantitative estimate of drug-likeness (QED) is 0.509. The van der Waals surface area contributed by atoms with Gasteiger partial charge in [-0.15, -0.1) is 0 Å². The van der Waals surface area contributed by atoms with Crippen LogP contribution in [-0.4, -0.2) is 45.8 Å². The number of hydrogen-bond acceptors (Lipinski definition) is 5. The Hall–Kier alpha value is -1.82. The molecule has 0 bridgehead atoms. The molecule has 1 heterocycles. The van der Waals surface area contributed by atoms with E-state index in [9.17, 15) is 9.90 Å². The van der Waals surface area contributed by atoms with Crippen molar-refractivity contribution in [2.75, 3.05) is 6.54 Å². The lowest BCUT2D eigenvalue weighted by Gasteiger charge is -2.55. The van der Waals surface area contributed by atoms with Gasteiger partial charge in [-0.25, -0.2) is 4.79 Å². The largest absolute Gasteiger partial charge is 0.459 e. The second-order valence-electron chi connectivity index (χ2n) is 9.46. The van der Waals surface area contributed by atoms with E-state index in [0.717, 1.165) is 5.56 Å². The number of carbonyl (C=O) groups is 1. The summed E-state index contributed by atoms with van der Waals surface area (Å²) in [5, 5.41) is 10.7. The molecule has 0 aliphatic carbocycles. The molecule has 2 aromatic carbocycles. The van der Waals surface area contributed by atoms with Crippen LogP contribution in [0.3, 0.4) is 0 Å². The van der Waals surface area contributed by atoms with E-state index in [1.807, 2.05) is 48.5 Å². The third kappa shape index (κ3) is 5.26. The first-order chi connectivity index (χ1) is 14.1. The number of thiol groups is 1. The van der Waals surface area contributed by atoms with Crippen molar-refractivity contribution in [1.29, 1.82) is 0 Å². The maximum absolute atomic E-state index is 12.6. The minimum absolute atomic E-state index is 0.169. The number of likely N-dealkylation sites (tertiary alicyclic amines) is 1. The van der Waals surface area contributed by atoms with E-state index in [2.05, 4.69) is 45.2 Å². The van der Waals surface area contributed by atoms with E-state index in [4.69, 9.17) is 4.74 Å². The average Bonchev–Trinajstić information content (AvgIpc) is 2.70. The molecule has 30 heavy (non-hydrogen) atoms. The second-order valence-corrected chi connectivity index (χ2v) is 10.0. The number of carbonyl (C=O) groups excluding carboxylic acids is 1. The number of benzene rings is 2. The number of esters is 1. The summed E-state index contributed by atoms with van der Waals surface area (Å²) in [7, 11) is 0. The first-order valence-electron chi connectivity index (χ1n) is 10.5. The van der Waals surface area contributed by atoms with E-state index >= 15 is 0 Å². The van der Waals surface area contributed by atoms with Crippen molar-refractivity contribution in [3.8, 4) is 0 Å². The van der Waals surface area contributed by atoms with Crippen LogP contribution in [0, 0.1) is 0 Å². The van der Waals surface area contributed by atoms with Gasteiger partial charge in [0.2, 0.25) is 0 Å². The molecule has 162 valence electrons. The first kappa shape index (κ1) is 22.9. The van der Waals surface area contributed by atoms with Crippen LogP contribution in [0.4, 0.5) is 0 Å². The SMILES string of the molecule is CC1(C)CC(OC(=O)c2ccccc2)CC(C)(C)N1CC(O)C(S)c1ccccc1. The third-order valence-electron chi connectivity index (χ3n) is 6.07. The zero-order chi connectivity index (χ0) is 21.9. The van der Waals surface area contributed by atoms with E-state index in [1.54, 1.807) is 12.1 Å². The Balaban J connectivity index is 1.69. The summed E-state index contributed by atoms with van der Waals surface area (Å²) in [6.45, 7) is 9.11. The van der Waals surface area contributed by atoms with E-state index in [-0.39, 0.29) is 28.4 Å². The number of nitrogens with zero attached hydrogens (tertiary/aromatic N) is 1. The van der Waals surface area contributed by atoms with Crippen LogP contribution in [0.5, 0.6) is 0 Å². The van der Waals surface area contributed by atoms with Crippen molar-refractivity contribution >= 4 is 18.6 Å². The lowest BCUT2D eigenvalue weighted by molar-refractivity contribution is -0.101. The molecule has 1 aliphatic heterocycles. The molecular weight excluding hydrogens is 394 g/mol. The van der Waals surface area contributed by atoms with Crippen LogP contribution in [0.15, 0.2) is 60.7 Å². The summed E-state index contributed by atoms with van der Waals surface area (Å²) in [4.78, 5) is 14.9. The Morgan fingerprint density at radius 2 is 1.53 bits per heavy atom. The Bertz CT molecular complexity index is 820. The Kier molecular flexibility index (Phi) is 6.95. The number of rotatable bonds is 6. The fraction of sp³-hybridized carbons (Fsp3) is 0.480. The molecule has 2 aromatic rings. The van der Waals surface area contributed by atoms with Crippen molar-refractivity contribution in [1.82, 2.24) is 4.90 Å². The van der Waals surface area contributed by atoms with E-state index < -0.39 is 6.10 Å². The van der Waals surface area contributed by atoms with Crippen molar-refractivity contribution < 1.29 is 14.6 Å². The highest BCUT2D eigenvalue weighted by Crippen LogP contribution is 2.41. The molecule has 0 spiro atoms. The number of aliphatic hydroxyl groups is 1. The van der Waals surface area contributed by atoms with Crippen LogP contribution in [0.2, 0.25) is 0 Å². The Labute approximate surface area is 185 Å². The van der Waals surface area contributed by atoms with Crippen LogP contribution in [0.1, 0.15) is 61.7 Å². The lowest BCUT2D eigenvalue weighted by atomic mass is 9.77. The monoisotopic (exact) mass is 427 g/mol. The smallest absolute Gasteiger partial charge is 0.338 e. The molecule has 0 aromatic heterocycles. The molecule has 5 heteroatoms. The number of β-amino-alcohol motifs (C(OH)–C–C–N with tert-alkyl or cyclic N) is 1. The van der Waals surface area contributed by atoms with Gasteiger partial charge < -0.3 is 9.84 Å². The van der Waals surface area contributed by atoms with Crippen LogP contribution in [-0.2, 0) is 4.74 Å². The normalized spacial score (nSPS) is 21.0. The predicted octanol–water partition coefficient (Wildman–Crippen LogP) is 4.90. The molecule has 3 rings (SSSR count). The van der Waals surface area contributed by atoms with E-state index in [0.29, 0.717) is 24.9 Å². The van der Waals surface area contributed by atoms with E-state index in [1.165, 1.54) is 0 Å². The first-order valence-corrected chi connectivity index (χ1v) is 11.1. The van der Waals surface area contributed by atoms with Gasteiger partial charge >= 0.3 is 5.97 Å². The van der Waals surface area contributed by atoms with Crippen molar-refractivity contribution in [3.05, 3.63) is 71.8 Å². The molecule has 4 nitrogen and oxygen atoms in total. The van der Waals surface area contributed by atoms with Crippen molar-refractivity contribution in [2.45, 2.75) is 69.1 Å². The topological polar surface area (TPSA) is 49.8 Å². The predicted molar refractivity (Wildman–Crippen MR) is 124 cm³/mol. The van der Waals surface area contributed by atoms with Crippen molar-refractivity contribution in [3.63, 3.8) is 0 Å². The molecule has 1 aliphatic rings. The molecule has 0 saturated carbocycles. The summed E-state index contributed by atoms with van der Waals surface area (Å²) < 4.78 is 5.88. The van der Waals surface area contributed by atoms with Crippen LogP contribution >= 0.6 is 12.6 Å². The summed E-state index contributed by atoms with van der Waals surface area (Å²) >= 11 is 4.69. The maximum Gasteiger partial charge on any atom is 0.338 e. The van der Waals surface area contributed by atoms with Gasteiger partial charge in [0.05, 0.1) is 16.9 Å². The highest BCUT2D eigenvalue weighted by molar-refractivity contribution is 7.80. The fourth-order valence-electron chi connectivity index (χ4n) is 4.76. The fourth-order valence-corrected chi connectivity index (χ4v) is 5.02. The lowest BCUT2D eigenvalue weighted by Crippen LogP contribution is -2.64. The molecule has 2 unspecified atom stereocenters. The zero-order valence-electron chi connectivity index (χ0n) is 18.3. The van der Waals surface area contributed by atoms with Gasteiger partial charge in [0.1, 0.15) is 6.10 Å². The van der Waals surface area contributed by atoms with Gasteiger partial charge in [0.15, 0.2) is 0 Å². The Morgan fingerprint density at radius 3 is 2.07 bits per heavy atom. The molecule has 2 atom stereocenters. The summed E-state index contributed by atoms with van der Waals surface area (Å²) in [5.74, 6) is -0.278. The summed E-state index contributed by atoms with van der Waals surface area (Å²) in [6, 6.07) is 19.0. The number of hydrogen-bond donors (Lipinski definition) is 2. The molecular formula is C25H33NO3S. The molecule has 1 N–H and O–H groups in total. The van der Waals surface area contributed by atoms with Gasteiger partial charge in [-0.1, -0.05) is 48.5 Å². The maximum atomic E-state index is 12.6. The third-order valence-corrected chi connectivity index (χ3v) is 6.72. The summed E-state index contributed by atoms with van der Waals surface area (Å²) in [6.07, 6.45) is 0.643. The number of aliphatic hydroxyl groups excluding tert-OH is 1. The van der Waals surface area contributed by atoms with Gasteiger partial charge in [0.25, 0.3) is 0 Å². The number of ether oxygens (including phenoxy) is 1. The highest BCUT2D eigenvalue weighted by atomic mass is 32.1. The highest BCUT2D eigenvalue weighted by Gasteiger charge is 2.47. The standard InChI is InChI=1S/C25H33NO3S/c1-24(2)15-20(29-23(28)19-13-9-6-10-14-19)16-25(3,4)26(24)17-21(27)22(30)18-11-7-5-8-12-18/h5-14,20-22,27,30H,15-17H2,1-4H3. The molecule has 1 saturated heterocycles. The minimum atomic E-state index is -0.613. The number of piperidine rings is 1. The van der Waals surface area contributed by atoms with Gasteiger partial charge in [0, 0.05) is 30.5 Å². The second kappa shape index (κ2) is 9.13. The summed E-state index contributed by atoms with van der Waals surface area (Å²) in [5.41, 5.74) is 1.10. The van der Waals surface area contributed by atoms with Crippen LogP contribution < -0.4 is 0 Å². The zero-order valence-corrected chi connectivity index (χ0v) is 19.2. The Morgan fingerprint density at radius 1 is 1.03 bits per heavy atom. The van der Waals surface area contributed by atoms with Gasteiger partial charge in [-0.3, -0.25) is 4.90 Å². The van der Waals surface area contributed by atoms with Gasteiger partial charge in [-0.2, -0.15) is 12.6 Å². The van der Waals surface area contributed by atoms with Gasteiger partial charge in [-0.05, 0) is 45.4 Å². The van der Waals surface area contributed by atoms with Crippen LogP contribution in [0.25, 0.3) is 0 Å². The molecule has 1 fully saturated rings. The minimum Gasteiger partial charge on any atom is -0.459 e.